The minimum atomic E-state index is -0.180. The van der Waals surface area contributed by atoms with Gasteiger partial charge in [-0.25, -0.2) is 0 Å². The summed E-state index contributed by atoms with van der Waals surface area (Å²) in [4.78, 5) is 19.1. The van der Waals surface area contributed by atoms with Gasteiger partial charge in [0.15, 0.2) is 0 Å². The molecule has 0 amide bonds. The molecular formula is C25H34N2O3. The van der Waals surface area contributed by atoms with Gasteiger partial charge in [-0.2, -0.15) is 0 Å². The number of rotatable bonds is 11. The van der Waals surface area contributed by atoms with Crippen molar-refractivity contribution in [2.75, 3.05) is 26.3 Å². The Morgan fingerprint density at radius 2 is 2.07 bits per heavy atom. The van der Waals surface area contributed by atoms with Crippen LogP contribution in [0, 0.1) is 0 Å². The molecule has 1 aliphatic heterocycles. The van der Waals surface area contributed by atoms with Gasteiger partial charge >= 0.3 is 5.97 Å². The highest BCUT2D eigenvalue weighted by Crippen LogP contribution is 2.25. The molecule has 2 heterocycles. The van der Waals surface area contributed by atoms with Crippen molar-refractivity contribution in [3.63, 3.8) is 0 Å². The van der Waals surface area contributed by atoms with Crippen LogP contribution in [-0.2, 0) is 16.0 Å². The van der Waals surface area contributed by atoms with E-state index in [1.54, 1.807) is 6.20 Å². The molecule has 30 heavy (non-hydrogen) atoms. The van der Waals surface area contributed by atoms with E-state index in [1.165, 1.54) is 19.4 Å². The Bertz CT molecular complexity index is 764. The molecule has 1 saturated heterocycles. The lowest BCUT2D eigenvalue weighted by Crippen LogP contribution is -2.28. The van der Waals surface area contributed by atoms with Crippen molar-refractivity contribution in [2.45, 2.75) is 57.9 Å². The molecule has 0 spiro atoms. The molecule has 2 aromatic rings. The fraction of sp³-hybridized carbons (Fsp3) is 0.520. The molecule has 2 atom stereocenters. The van der Waals surface area contributed by atoms with E-state index in [0.29, 0.717) is 19.1 Å². The van der Waals surface area contributed by atoms with Crippen LogP contribution >= 0.6 is 0 Å². The van der Waals surface area contributed by atoms with E-state index in [4.69, 9.17) is 9.47 Å². The molecule has 0 radical (unpaired) electrons. The fourth-order valence-electron chi connectivity index (χ4n) is 4.11. The lowest BCUT2D eigenvalue weighted by atomic mass is 9.92. The van der Waals surface area contributed by atoms with E-state index in [9.17, 15) is 4.79 Å². The van der Waals surface area contributed by atoms with Gasteiger partial charge in [0.05, 0.1) is 19.6 Å². The van der Waals surface area contributed by atoms with E-state index < -0.39 is 0 Å². The quantitative estimate of drug-likeness (QED) is 0.400. The summed E-state index contributed by atoms with van der Waals surface area (Å²) < 4.78 is 11.1. The monoisotopic (exact) mass is 410 g/mol. The van der Waals surface area contributed by atoms with Crippen molar-refractivity contribution in [1.82, 2.24) is 9.88 Å². The smallest absolute Gasteiger partial charge is 0.306 e. The predicted octanol–water partition coefficient (Wildman–Crippen LogP) is 4.61. The topological polar surface area (TPSA) is 51.7 Å². The number of esters is 1. The number of aromatic nitrogens is 1. The summed E-state index contributed by atoms with van der Waals surface area (Å²) in [7, 11) is 0. The Morgan fingerprint density at radius 1 is 1.23 bits per heavy atom. The summed E-state index contributed by atoms with van der Waals surface area (Å²) in [6, 6.07) is 14.7. The number of carbonyl (C=O) groups excluding carboxylic acids is 1. The molecule has 5 nitrogen and oxygen atoms in total. The van der Waals surface area contributed by atoms with Gasteiger partial charge in [-0.1, -0.05) is 18.2 Å². The van der Waals surface area contributed by atoms with Crippen LogP contribution in [0.1, 0.15) is 56.7 Å². The predicted molar refractivity (Wildman–Crippen MR) is 119 cm³/mol. The molecular weight excluding hydrogens is 376 g/mol. The van der Waals surface area contributed by atoms with E-state index in [0.717, 1.165) is 43.0 Å². The second-order valence-electron chi connectivity index (χ2n) is 8.04. The van der Waals surface area contributed by atoms with Gasteiger partial charge in [0.25, 0.3) is 0 Å². The Balaban J connectivity index is 1.51. The number of likely N-dealkylation sites (tertiary alicyclic amines) is 1. The standard InChI is InChI=1S/C25H34N2O3/c1-3-29-25(28)19-22(24-9-4-5-14-26-24)18-21-10-12-23(13-11-21)30-17-7-16-27-15-6-8-20(27)2/h4-5,9-14,20,22H,3,6-8,15-19H2,1-2H3/t20-,22?/m1/s1. The first-order valence-corrected chi connectivity index (χ1v) is 11.2. The Morgan fingerprint density at radius 3 is 2.73 bits per heavy atom. The van der Waals surface area contributed by atoms with Crippen LogP contribution in [0.15, 0.2) is 48.7 Å². The van der Waals surface area contributed by atoms with Crippen molar-refractivity contribution in [3.05, 3.63) is 59.9 Å². The molecule has 1 fully saturated rings. The van der Waals surface area contributed by atoms with E-state index in [-0.39, 0.29) is 11.9 Å². The van der Waals surface area contributed by atoms with Crippen LogP contribution in [0.25, 0.3) is 0 Å². The van der Waals surface area contributed by atoms with Crippen molar-refractivity contribution >= 4 is 5.97 Å². The summed E-state index contributed by atoms with van der Waals surface area (Å²) in [5, 5.41) is 0. The zero-order valence-electron chi connectivity index (χ0n) is 18.3. The third-order valence-corrected chi connectivity index (χ3v) is 5.78. The lowest BCUT2D eigenvalue weighted by molar-refractivity contribution is -0.143. The van der Waals surface area contributed by atoms with Crippen LogP contribution in [0.5, 0.6) is 5.75 Å². The summed E-state index contributed by atoms with van der Waals surface area (Å²) in [6.45, 7) is 7.61. The van der Waals surface area contributed by atoms with Crippen LogP contribution in [0.4, 0.5) is 0 Å². The molecule has 1 unspecified atom stereocenters. The second-order valence-corrected chi connectivity index (χ2v) is 8.04. The maximum absolute atomic E-state index is 12.1. The van der Waals surface area contributed by atoms with Gasteiger partial charge in [-0.15, -0.1) is 0 Å². The second kappa shape index (κ2) is 11.7. The Hall–Kier alpha value is -2.40. The number of hydrogen-bond donors (Lipinski definition) is 0. The van der Waals surface area contributed by atoms with Gasteiger partial charge in [0.2, 0.25) is 0 Å². The summed E-state index contributed by atoms with van der Waals surface area (Å²) in [5.41, 5.74) is 2.08. The average Bonchev–Trinajstić information content (AvgIpc) is 3.17. The largest absolute Gasteiger partial charge is 0.494 e. The van der Waals surface area contributed by atoms with Crippen molar-refractivity contribution < 1.29 is 14.3 Å². The number of pyridine rings is 1. The molecule has 0 N–H and O–H groups in total. The third-order valence-electron chi connectivity index (χ3n) is 5.78. The van der Waals surface area contributed by atoms with Gasteiger partial charge in [0.1, 0.15) is 5.75 Å². The van der Waals surface area contributed by atoms with E-state index in [2.05, 4.69) is 28.9 Å². The number of carbonyl (C=O) groups is 1. The van der Waals surface area contributed by atoms with Gasteiger partial charge in [0, 0.05) is 30.4 Å². The molecule has 1 aliphatic rings. The normalized spacial score (nSPS) is 17.6. The number of benzene rings is 1. The molecule has 1 aromatic carbocycles. The third kappa shape index (κ3) is 6.84. The van der Waals surface area contributed by atoms with Crippen LogP contribution in [-0.4, -0.2) is 48.2 Å². The molecule has 0 bridgehead atoms. The van der Waals surface area contributed by atoms with E-state index in [1.807, 2.05) is 37.3 Å². The Kier molecular flexibility index (Phi) is 8.69. The molecule has 0 saturated carbocycles. The first-order valence-electron chi connectivity index (χ1n) is 11.2. The number of nitrogens with zero attached hydrogens (tertiary/aromatic N) is 2. The van der Waals surface area contributed by atoms with Gasteiger partial charge < -0.3 is 14.4 Å². The zero-order valence-corrected chi connectivity index (χ0v) is 18.3. The van der Waals surface area contributed by atoms with E-state index >= 15 is 0 Å². The minimum Gasteiger partial charge on any atom is -0.494 e. The Labute approximate surface area is 180 Å². The zero-order chi connectivity index (χ0) is 21.2. The van der Waals surface area contributed by atoms with Crippen LogP contribution < -0.4 is 4.74 Å². The molecule has 5 heteroatoms. The summed E-state index contributed by atoms with van der Waals surface area (Å²) in [5.74, 6) is 0.716. The van der Waals surface area contributed by atoms with Crippen molar-refractivity contribution in [3.8, 4) is 5.75 Å². The van der Waals surface area contributed by atoms with Crippen molar-refractivity contribution in [2.24, 2.45) is 0 Å². The highest BCUT2D eigenvalue weighted by atomic mass is 16.5. The average molecular weight is 411 g/mol. The maximum Gasteiger partial charge on any atom is 0.306 e. The summed E-state index contributed by atoms with van der Waals surface area (Å²) in [6.07, 6.45) is 6.53. The molecule has 0 aliphatic carbocycles. The van der Waals surface area contributed by atoms with Crippen LogP contribution in [0.2, 0.25) is 0 Å². The first-order chi connectivity index (χ1) is 14.7. The maximum atomic E-state index is 12.1. The highest BCUT2D eigenvalue weighted by Gasteiger charge is 2.20. The molecule has 162 valence electrons. The molecule has 1 aromatic heterocycles. The van der Waals surface area contributed by atoms with Crippen molar-refractivity contribution in [1.29, 1.82) is 0 Å². The van der Waals surface area contributed by atoms with Gasteiger partial charge in [-0.3, -0.25) is 9.78 Å². The fourth-order valence-corrected chi connectivity index (χ4v) is 4.11. The van der Waals surface area contributed by atoms with Gasteiger partial charge in [-0.05, 0) is 75.9 Å². The minimum absolute atomic E-state index is 0.000491. The lowest BCUT2D eigenvalue weighted by Gasteiger charge is -2.20. The number of hydrogen-bond acceptors (Lipinski definition) is 5. The summed E-state index contributed by atoms with van der Waals surface area (Å²) >= 11 is 0. The molecule has 3 rings (SSSR count). The first kappa shape index (κ1) is 22.3. The highest BCUT2D eigenvalue weighted by molar-refractivity contribution is 5.70. The van der Waals surface area contributed by atoms with Crippen LogP contribution in [0.3, 0.4) is 0 Å². The SMILES string of the molecule is CCOC(=O)CC(Cc1ccc(OCCCN2CCC[C@H]2C)cc1)c1ccccn1. The number of ether oxygens (including phenoxy) is 2.